The number of amides is 3. The highest BCUT2D eigenvalue weighted by atomic mass is 19.1. The van der Waals surface area contributed by atoms with Crippen LogP contribution in [-0.4, -0.2) is 28.6 Å². The van der Waals surface area contributed by atoms with Crippen LogP contribution in [0.3, 0.4) is 0 Å². The van der Waals surface area contributed by atoms with Crippen molar-refractivity contribution in [1.29, 1.82) is 0 Å². The Morgan fingerprint density at radius 3 is 2.95 bits per heavy atom. The summed E-state index contributed by atoms with van der Waals surface area (Å²) in [6, 6.07) is -4.45. The zero-order chi connectivity index (χ0) is 18.9. The summed E-state index contributed by atoms with van der Waals surface area (Å²) in [4.78, 5) is 36.4. The van der Waals surface area contributed by atoms with Crippen molar-refractivity contribution in [1.82, 2.24) is 10.2 Å². The molecular formula is C13H12FN3O3. The molecule has 0 radical (unpaired) electrons. The monoisotopic (exact) mass is 282 g/mol. The summed E-state index contributed by atoms with van der Waals surface area (Å²) in [5.74, 6) is -4.54. The molecule has 3 rings (SSSR count). The van der Waals surface area contributed by atoms with E-state index in [9.17, 15) is 18.8 Å². The van der Waals surface area contributed by atoms with E-state index in [2.05, 4.69) is 0 Å². The maximum absolute atomic E-state index is 13.9. The van der Waals surface area contributed by atoms with Crippen LogP contribution < -0.4 is 11.1 Å². The first-order valence-electron chi connectivity index (χ1n) is 8.22. The zero-order valence-electron chi connectivity index (χ0n) is 15.0. The molecule has 104 valence electrons. The standard InChI is InChI=1S/C13H12FN3O3/c14-6-3-7-8(9(15)4-6)5-17(13(7)20)10-1-2-11(18)16-12(10)19/h3-4,10H,1-2,5,15H2,(H,16,18,19)/i3D,4D,5D2,10D. The molecule has 0 bridgehead atoms. The molecule has 2 aliphatic rings. The highest BCUT2D eigenvalue weighted by Crippen LogP contribution is 2.31. The van der Waals surface area contributed by atoms with Gasteiger partial charge in [0, 0.05) is 29.7 Å². The fourth-order valence-electron chi connectivity index (χ4n) is 2.08. The smallest absolute Gasteiger partial charge is 0.255 e. The van der Waals surface area contributed by atoms with Crippen molar-refractivity contribution in [2.24, 2.45) is 0 Å². The lowest BCUT2D eigenvalue weighted by molar-refractivity contribution is -0.136. The molecule has 1 saturated heterocycles. The molecule has 7 heteroatoms. The lowest BCUT2D eigenvalue weighted by Crippen LogP contribution is -2.52. The second kappa shape index (κ2) is 4.29. The van der Waals surface area contributed by atoms with E-state index in [1.165, 1.54) is 0 Å². The SMILES string of the molecule is [2H]c1c(N)c2c(c([2H])c1F)C(=O)N(C1([2H])CCC(=O)NC1=O)C2([2H])[2H]. The highest BCUT2D eigenvalue weighted by molar-refractivity contribution is 6.06. The third-order valence-corrected chi connectivity index (χ3v) is 3.01. The Bertz CT molecular complexity index is 862. The summed E-state index contributed by atoms with van der Waals surface area (Å²) >= 11 is 0. The second-order valence-electron chi connectivity index (χ2n) is 4.30. The molecule has 1 aromatic carbocycles. The Balaban J connectivity index is 2.25. The fourth-order valence-corrected chi connectivity index (χ4v) is 2.08. The van der Waals surface area contributed by atoms with Crippen LogP contribution in [0.2, 0.25) is 0 Å². The van der Waals surface area contributed by atoms with Crippen molar-refractivity contribution in [3.63, 3.8) is 0 Å². The number of rotatable bonds is 1. The van der Waals surface area contributed by atoms with Gasteiger partial charge in [0.2, 0.25) is 11.8 Å². The Hall–Kier alpha value is -2.44. The summed E-state index contributed by atoms with van der Waals surface area (Å²) in [5.41, 5.74) is 3.56. The quantitative estimate of drug-likeness (QED) is 0.567. The van der Waals surface area contributed by atoms with Crippen molar-refractivity contribution in [2.45, 2.75) is 25.4 Å². The van der Waals surface area contributed by atoms with Gasteiger partial charge in [-0.3, -0.25) is 19.7 Å². The van der Waals surface area contributed by atoms with E-state index in [1.54, 1.807) is 0 Å². The average Bonchev–Trinajstić information content (AvgIpc) is 2.73. The minimum absolute atomic E-state index is 0.250. The van der Waals surface area contributed by atoms with Crippen molar-refractivity contribution >= 4 is 23.4 Å². The van der Waals surface area contributed by atoms with Crippen molar-refractivity contribution in [3.05, 3.63) is 29.0 Å². The summed E-state index contributed by atoms with van der Waals surface area (Å²) < 4.78 is 53.8. The molecule has 1 unspecified atom stereocenters. The third kappa shape index (κ3) is 1.82. The Morgan fingerprint density at radius 1 is 1.50 bits per heavy atom. The van der Waals surface area contributed by atoms with Gasteiger partial charge in [0.05, 0.1) is 6.85 Å². The van der Waals surface area contributed by atoms with E-state index >= 15 is 0 Å². The zero-order valence-corrected chi connectivity index (χ0v) is 10.0. The van der Waals surface area contributed by atoms with E-state index in [4.69, 9.17) is 12.6 Å². The van der Waals surface area contributed by atoms with Crippen LogP contribution in [0.1, 0.15) is 35.6 Å². The van der Waals surface area contributed by atoms with Gasteiger partial charge in [-0.25, -0.2) is 4.39 Å². The summed E-state index contributed by atoms with van der Waals surface area (Å²) in [6.07, 6.45) is -0.771. The Kier molecular flexibility index (Phi) is 1.71. The number of piperidine rings is 1. The van der Waals surface area contributed by atoms with Crippen LogP contribution in [-0.2, 0) is 16.1 Å². The predicted octanol–water partition coefficient (Wildman–Crippen LogP) is 0.169. The maximum Gasteiger partial charge on any atom is 0.255 e. The molecule has 1 atom stereocenters. The number of carbonyl (C=O) groups is 3. The molecule has 3 N–H and O–H groups in total. The third-order valence-electron chi connectivity index (χ3n) is 3.01. The van der Waals surface area contributed by atoms with Crippen LogP contribution in [0.15, 0.2) is 12.1 Å². The number of benzene rings is 1. The van der Waals surface area contributed by atoms with E-state index in [0.717, 1.165) is 0 Å². The first-order chi connectivity index (χ1) is 11.4. The molecule has 1 fully saturated rings. The lowest BCUT2D eigenvalue weighted by atomic mass is 10.0. The molecule has 2 heterocycles. The number of nitrogens with zero attached hydrogens (tertiary/aromatic N) is 1. The van der Waals surface area contributed by atoms with Gasteiger partial charge >= 0.3 is 0 Å². The number of carbonyl (C=O) groups excluding carboxylic acids is 3. The van der Waals surface area contributed by atoms with Gasteiger partial charge in [0.15, 0.2) is 0 Å². The van der Waals surface area contributed by atoms with Crippen LogP contribution in [0.4, 0.5) is 10.1 Å². The van der Waals surface area contributed by atoms with Gasteiger partial charge < -0.3 is 10.6 Å². The number of nitrogen functional groups attached to an aromatic ring is 1. The molecule has 0 aromatic heterocycles. The number of nitrogens with one attached hydrogen (secondary N) is 1. The molecule has 0 saturated carbocycles. The van der Waals surface area contributed by atoms with E-state index in [1.807, 2.05) is 5.32 Å². The van der Waals surface area contributed by atoms with Crippen LogP contribution in [0.25, 0.3) is 0 Å². The van der Waals surface area contributed by atoms with Gasteiger partial charge in [-0.2, -0.15) is 0 Å². The number of nitrogens with two attached hydrogens (primary N) is 1. The first-order valence-corrected chi connectivity index (χ1v) is 5.72. The fraction of sp³-hybridized carbons (Fsp3) is 0.308. The molecule has 3 amide bonds. The topological polar surface area (TPSA) is 92.5 Å². The average molecular weight is 282 g/mol. The van der Waals surface area contributed by atoms with E-state index in [-0.39, 0.29) is 11.3 Å². The van der Waals surface area contributed by atoms with Crippen LogP contribution in [0, 0.1) is 5.82 Å². The van der Waals surface area contributed by atoms with Gasteiger partial charge in [0.1, 0.15) is 11.8 Å². The van der Waals surface area contributed by atoms with Gasteiger partial charge in [-0.15, -0.1) is 0 Å². The number of halogens is 1. The highest BCUT2D eigenvalue weighted by Gasteiger charge is 2.39. The summed E-state index contributed by atoms with van der Waals surface area (Å²) in [7, 11) is 0. The van der Waals surface area contributed by atoms with E-state index in [0.29, 0.717) is 0 Å². The molecule has 0 spiro atoms. The normalized spacial score (nSPS) is 31.8. The Labute approximate surface area is 120 Å². The molecule has 1 aromatic rings. The Morgan fingerprint density at radius 2 is 2.25 bits per heavy atom. The number of fused-ring (bicyclic) bond motifs is 1. The maximum atomic E-state index is 13.9. The van der Waals surface area contributed by atoms with Crippen molar-refractivity contribution in [3.8, 4) is 0 Å². The molecule has 2 aliphatic heterocycles. The summed E-state index contributed by atoms with van der Waals surface area (Å²) in [6.45, 7) is -2.84. The number of hydrogen-bond donors (Lipinski definition) is 2. The van der Waals surface area contributed by atoms with Crippen LogP contribution >= 0.6 is 0 Å². The largest absolute Gasteiger partial charge is 0.398 e. The minimum Gasteiger partial charge on any atom is -0.398 e. The van der Waals surface area contributed by atoms with Gasteiger partial charge in [0.25, 0.3) is 5.91 Å². The number of anilines is 1. The van der Waals surface area contributed by atoms with Crippen molar-refractivity contribution < 1.29 is 25.6 Å². The number of imide groups is 1. The predicted molar refractivity (Wildman–Crippen MR) is 66.9 cm³/mol. The molecule has 6 nitrogen and oxygen atoms in total. The number of hydrogen-bond acceptors (Lipinski definition) is 4. The molecular weight excluding hydrogens is 265 g/mol. The lowest BCUT2D eigenvalue weighted by Gasteiger charge is -2.29. The molecule has 20 heavy (non-hydrogen) atoms. The van der Waals surface area contributed by atoms with Crippen molar-refractivity contribution in [2.75, 3.05) is 5.73 Å². The van der Waals surface area contributed by atoms with Crippen LogP contribution in [0.5, 0.6) is 0 Å². The summed E-state index contributed by atoms with van der Waals surface area (Å²) in [5, 5.41) is 1.87. The molecule has 0 aliphatic carbocycles. The first kappa shape index (κ1) is 7.98. The minimum atomic E-state index is -2.84. The second-order valence-corrected chi connectivity index (χ2v) is 4.30. The van der Waals surface area contributed by atoms with E-state index < -0.39 is 71.4 Å². The van der Waals surface area contributed by atoms with Gasteiger partial charge in [-0.1, -0.05) is 0 Å². The van der Waals surface area contributed by atoms with Gasteiger partial charge in [-0.05, 0) is 18.5 Å².